The summed E-state index contributed by atoms with van der Waals surface area (Å²) < 4.78 is 5.31. The van der Waals surface area contributed by atoms with E-state index < -0.39 is 0 Å². The van der Waals surface area contributed by atoms with Crippen LogP contribution in [0.5, 0.6) is 0 Å². The summed E-state index contributed by atoms with van der Waals surface area (Å²) in [5, 5.41) is 5.98. The molecule has 0 bridgehead atoms. The Hall–Kier alpha value is -1.70. The topological polar surface area (TPSA) is 69.7 Å². The first-order valence-electron chi connectivity index (χ1n) is 8.63. The molecule has 2 N–H and O–H groups in total. The second-order valence-corrected chi connectivity index (χ2v) is 6.65. The molecule has 3 heterocycles. The molecule has 0 aliphatic carbocycles. The quantitative estimate of drug-likeness (QED) is 0.838. The molecule has 0 spiro atoms. The lowest BCUT2D eigenvalue weighted by Crippen LogP contribution is -2.48. The minimum atomic E-state index is -0.301. The number of hydrogen-bond donors (Lipinski definition) is 2. The van der Waals surface area contributed by atoms with E-state index in [1.165, 1.54) is 12.8 Å². The van der Waals surface area contributed by atoms with Gasteiger partial charge in [-0.15, -0.1) is 0 Å². The van der Waals surface area contributed by atoms with E-state index in [0.717, 1.165) is 18.8 Å². The fraction of sp³-hybridized carbons (Fsp3) is 0.647. The van der Waals surface area contributed by atoms with Gasteiger partial charge in [-0.2, -0.15) is 0 Å². The lowest BCUT2D eigenvalue weighted by atomic mass is 10.0. The van der Waals surface area contributed by atoms with Crippen LogP contribution in [0.3, 0.4) is 0 Å². The summed E-state index contributed by atoms with van der Waals surface area (Å²) in [5.41, 5.74) is 1.12. The van der Waals surface area contributed by atoms with Crippen molar-refractivity contribution in [2.24, 2.45) is 0 Å². The summed E-state index contributed by atoms with van der Waals surface area (Å²) in [5.74, 6) is 0.487. The van der Waals surface area contributed by atoms with Crippen LogP contribution in [0.4, 0.5) is 11.5 Å². The predicted octanol–water partition coefficient (Wildman–Crippen LogP) is 0.539. The molecular weight excluding hydrogens is 306 g/mol. The number of carbonyl (C=O) groups excluding carboxylic acids is 1. The molecule has 1 amide bonds. The van der Waals surface area contributed by atoms with E-state index in [-0.39, 0.29) is 11.9 Å². The minimum absolute atomic E-state index is 0.0956. The second-order valence-electron chi connectivity index (χ2n) is 6.65. The summed E-state index contributed by atoms with van der Waals surface area (Å²) in [4.78, 5) is 21.2. The molecule has 2 aliphatic heterocycles. The SMILES string of the molecule is CN(C)C1CCN(c2ccc(NC(=O)C3COCCN3)nc2)CC1. The number of aromatic nitrogens is 1. The van der Waals surface area contributed by atoms with Crippen molar-refractivity contribution in [1.29, 1.82) is 0 Å². The largest absolute Gasteiger partial charge is 0.378 e. The molecule has 2 aliphatic rings. The van der Waals surface area contributed by atoms with E-state index in [4.69, 9.17) is 4.74 Å². The van der Waals surface area contributed by atoms with Gasteiger partial charge in [0, 0.05) is 25.7 Å². The van der Waals surface area contributed by atoms with Crippen molar-refractivity contribution >= 4 is 17.4 Å². The van der Waals surface area contributed by atoms with Gasteiger partial charge >= 0.3 is 0 Å². The number of amides is 1. The molecule has 7 nitrogen and oxygen atoms in total. The lowest BCUT2D eigenvalue weighted by Gasteiger charge is -2.36. The number of pyridine rings is 1. The fourth-order valence-electron chi connectivity index (χ4n) is 3.23. The second kappa shape index (κ2) is 7.92. The van der Waals surface area contributed by atoms with E-state index in [1.54, 1.807) is 0 Å². The van der Waals surface area contributed by atoms with Gasteiger partial charge in [-0.3, -0.25) is 4.79 Å². The maximum atomic E-state index is 12.1. The number of nitrogens with one attached hydrogen (secondary N) is 2. The molecule has 1 aromatic rings. The molecule has 0 radical (unpaired) electrons. The number of morpholine rings is 1. The zero-order valence-electron chi connectivity index (χ0n) is 14.5. The molecule has 0 saturated carbocycles. The Kier molecular flexibility index (Phi) is 5.65. The molecule has 1 aromatic heterocycles. The van der Waals surface area contributed by atoms with Crippen LogP contribution in [0.1, 0.15) is 12.8 Å². The molecule has 1 unspecified atom stereocenters. The van der Waals surface area contributed by atoms with Crippen molar-refractivity contribution in [1.82, 2.24) is 15.2 Å². The van der Waals surface area contributed by atoms with Gasteiger partial charge in [-0.25, -0.2) is 4.98 Å². The third kappa shape index (κ3) is 4.23. The first-order chi connectivity index (χ1) is 11.6. The molecule has 24 heavy (non-hydrogen) atoms. The summed E-state index contributed by atoms with van der Waals surface area (Å²) >= 11 is 0. The van der Waals surface area contributed by atoms with E-state index >= 15 is 0 Å². The third-order valence-corrected chi connectivity index (χ3v) is 4.80. The standard InChI is InChI=1S/C17H27N5O2/c1-21(2)13-5-8-22(9-6-13)14-3-4-16(19-11-14)20-17(23)15-12-24-10-7-18-15/h3-4,11,13,15,18H,5-10,12H2,1-2H3,(H,19,20,23). The Bertz CT molecular complexity index is 534. The number of piperidine rings is 1. The molecule has 1 atom stereocenters. The molecule has 3 rings (SSSR count). The Morgan fingerprint density at radius 2 is 2.17 bits per heavy atom. The van der Waals surface area contributed by atoms with Crippen molar-refractivity contribution in [2.45, 2.75) is 24.9 Å². The summed E-state index contributed by atoms with van der Waals surface area (Å²) in [6.07, 6.45) is 4.17. The van der Waals surface area contributed by atoms with Gasteiger partial charge in [0.1, 0.15) is 11.9 Å². The van der Waals surface area contributed by atoms with Crippen molar-refractivity contribution in [3.8, 4) is 0 Å². The van der Waals surface area contributed by atoms with Gasteiger partial charge in [0.25, 0.3) is 0 Å². The number of nitrogens with zero attached hydrogens (tertiary/aromatic N) is 3. The van der Waals surface area contributed by atoms with Crippen LogP contribution in [0.25, 0.3) is 0 Å². The van der Waals surface area contributed by atoms with Crippen molar-refractivity contribution in [3.05, 3.63) is 18.3 Å². The highest BCUT2D eigenvalue weighted by Crippen LogP contribution is 2.22. The van der Waals surface area contributed by atoms with Crippen LogP contribution in [0.2, 0.25) is 0 Å². The van der Waals surface area contributed by atoms with E-state index in [1.807, 2.05) is 18.3 Å². The summed E-state index contributed by atoms with van der Waals surface area (Å²) in [6, 6.07) is 4.27. The minimum Gasteiger partial charge on any atom is -0.378 e. The Labute approximate surface area is 143 Å². The average molecular weight is 333 g/mol. The summed E-state index contributed by atoms with van der Waals surface area (Å²) in [6.45, 7) is 3.85. The highest BCUT2D eigenvalue weighted by Gasteiger charge is 2.22. The van der Waals surface area contributed by atoms with Crippen molar-refractivity contribution in [2.75, 3.05) is 57.2 Å². The highest BCUT2D eigenvalue weighted by molar-refractivity contribution is 5.94. The Morgan fingerprint density at radius 1 is 1.38 bits per heavy atom. The van der Waals surface area contributed by atoms with Gasteiger partial charge in [0.2, 0.25) is 5.91 Å². The van der Waals surface area contributed by atoms with E-state index in [9.17, 15) is 4.79 Å². The normalized spacial score (nSPS) is 22.6. The maximum Gasteiger partial charge on any atom is 0.245 e. The molecule has 2 saturated heterocycles. The van der Waals surface area contributed by atoms with Crippen LogP contribution in [-0.4, -0.2) is 74.8 Å². The molecule has 2 fully saturated rings. The van der Waals surface area contributed by atoms with Crippen LogP contribution >= 0.6 is 0 Å². The first kappa shape index (κ1) is 17.1. The smallest absolute Gasteiger partial charge is 0.245 e. The molecule has 7 heteroatoms. The highest BCUT2D eigenvalue weighted by atomic mass is 16.5. The van der Waals surface area contributed by atoms with E-state index in [0.29, 0.717) is 31.6 Å². The first-order valence-corrected chi connectivity index (χ1v) is 8.63. The van der Waals surface area contributed by atoms with Crippen LogP contribution in [0.15, 0.2) is 18.3 Å². The fourth-order valence-corrected chi connectivity index (χ4v) is 3.23. The van der Waals surface area contributed by atoms with Gasteiger partial charge < -0.3 is 25.2 Å². The predicted molar refractivity (Wildman–Crippen MR) is 94.4 cm³/mol. The lowest BCUT2D eigenvalue weighted by molar-refractivity contribution is -0.120. The maximum absolute atomic E-state index is 12.1. The molecule has 132 valence electrons. The number of anilines is 2. The van der Waals surface area contributed by atoms with Gasteiger partial charge in [-0.1, -0.05) is 0 Å². The van der Waals surface area contributed by atoms with E-state index in [2.05, 4.69) is 39.5 Å². The zero-order valence-corrected chi connectivity index (χ0v) is 14.5. The summed E-state index contributed by atoms with van der Waals surface area (Å²) in [7, 11) is 4.29. The van der Waals surface area contributed by atoms with Gasteiger partial charge in [0.15, 0.2) is 0 Å². The van der Waals surface area contributed by atoms with Crippen molar-refractivity contribution < 1.29 is 9.53 Å². The molecular formula is C17H27N5O2. The third-order valence-electron chi connectivity index (χ3n) is 4.80. The van der Waals surface area contributed by atoms with Crippen LogP contribution in [0, 0.1) is 0 Å². The number of ether oxygens (including phenoxy) is 1. The van der Waals surface area contributed by atoms with Crippen LogP contribution < -0.4 is 15.5 Å². The van der Waals surface area contributed by atoms with Gasteiger partial charge in [0.05, 0.1) is 25.1 Å². The number of hydrogen-bond acceptors (Lipinski definition) is 6. The number of rotatable bonds is 4. The Morgan fingerprint density at radius 3 is 2.75 bits per heavy atom. The molecule has 0 aromatic carbocycles. The van der Waals surface area contributed by atoms with Crippen molar-refractivity contribution in [3.63, 3.8) is 0 Å². The van der Waals surface area contributed by atoms with Crippen LogP contribution in [-0.2, 0) is 9.53 Å². The Balaban J connectivity index is 1.53. The van der Waals surface area contributed by atoms with Gasteiger partial charge in [-0.05, 0) is 39.1 Å². The average Bonchev–Trinajstić information content (AvgIpc) is 2.63. The zero-order chi connectivity index (χ0) is 16.9. The monoisotopic (exact) mass is 333 g/mol. The number of carbonyl (C=O) groups is 1.